The summed E-state index contributed by atoms with van der Waals surface area (Å²) in [5.74, 6) is 1.51. The molecule has 6 heteroatoms. The Balaban J connectivity index is 2.50. The Morgan fingerprint density at radius 1 is 1.33 bits per heavy atom. The lowest BCUT2D eigenvalue weighted by molar-refractivity contribution is 0.0885. The molecule has 2 aromatic heterocycles. The average molecular weight is 308 g/mol. The maximum absolute atomic E-state index is 10.0. The minimum atomic E-state index is -0.770. The summed E-state index contributed by atoms with van der Waals surface area (Å²) in [5, 5.41) is 14.3. The molecule has 0 spiro atoms. The van der Waals surface area contributed by atoms with Crippen molar-refractivity contribution in [3.63, 3.8) is 0 Å². The van der Waals surface area contributed by atoms with E-state index >= 15 is 0 Å². The zero-order valence-electron chi connectivity index (χ0n) is 13.4. The van der Waals surface area contributed by atoms with Crippen LogP contribution in [0.15, 0.2) is 6.07 Å². The van der Waals surface area contributed by atoms with Gasteiger partial charge in [-0.15, -0.1) is 11.3 Å². The van der Waals surface area contributed by atoms with E-state index in [0.717, 1.165) is 29.0 Å². The summed E-state index contributed by atoms with van der Waals surface area (Å²) in [4.78, 5) is 13.5. The second kappa shape index (κ2) is 6.15. The van der Waals surface area contributed by atoms with Crippen LogP contribution in [0.4, 0.5) is 11.8 Å². The van der Waals surface area contributed by atoms with Gasteiger partial charge in [-0.05, 0) is 33.3 Å². The predicted molar refractivity (Wildman–Crippen MR) is 90.5 cm³/mol. The van der Waals surface area contributed by atoms with Crippen molar-refractivity contribution in [2.75, 3.05) is 30.4 Å². The van der Waals surface area contributed by atoms with Crippen LogP contribution in [0.1, 0.15) is 32.6 Å². The maximum atomic E-state index is 10.0. The molecule has 2 heterocycles. The second-order valence-corrected chi connectivity index (χ2v) is 6.97. The largest absolute Gasteiger partial charge is 0.389 e. The summed E-state index contributed by atoms with van der Waals surface area (Å²) in [7, 11) is 1.96. The molecular weight excluding hydrogens is 284 g/mol. The molecule has 5 nitrogen and oxygen atoms in total. The Kier molecular flexibility index (Phi) is 4.68. The Bertz CT molecular complexity index is 618. The van der Waals surface area contributed by atoms with Gasteiger partial charge in [0.15, 0.2) is 0 Å². The van der Waals surface area contributed by atoms with Gasteiger partial charge < -0.3 is 15.3 Å². The fourth-order valence-corrected chi connectivity index (χ4v) is 3.28. The lowest BCUT2D eigenvalue weighted by atomic mass is 10.1. The number of aromatic nitrogens is 2. The van der Waals surface area contributed by atoms with Gasteiger partial charge in [-0.25, -0.2) is 4.98 Å². The maximum Gasteiger partial charge on any atom is 0.226 e. The van der Waals surface area contributed by atoms with Crippen LogP contribution in [-0.4, -0.2) is 40.8 Å². The lowest BCUT2D eigenvalue weighted by Gasteiger charge is -2.27. The van der Waals surface area contributed by atoms with Crippen molar-refractivity contribution in [1.82, 2.24) is 9.97 Å². The van der Waals surface area contributed by atoms with Gasteiger partial charge >= 0.3 is 0 Å². The summed E-state index contributed by atoms with van der Waals surface area (Å²) in [6, 6.07) is 2.16. The van der Waals surface area contributed by atoms with Crippen LogP contribution in [0.3, 0.4) is 0 Å². The number of nitrogens with one attached hydrogen (secondary N) is 1. The quantitative estimate of drug-likeness (QED) is 0.859. The van der Waals surface area contributed by atoms with E-state index in [1.54, 1.807) is 25.2 Å². The summed E-state index contributed by atoms with van der Waals surface area (Å²) in [5.41, 5.74) is -0.770. The SMILES string of the molecule is CCNc1nc(N(C)CC(C)(C)O)c2cc(CC)sc2n1. The number of thiophene rings is 1. The molecule has 0 saturated carbocycles. The van der Waals surface area contributed by atoms with Gasteiger partial charge in [0.1, 0.15) is 10.6 Å². The van der Waals surface area contributed by atoms with Crippen molar-refractivity contribution in [1.29, 1.82) is 0 Å². The molecule has 0 amide bonds. The Morgan fingerprint density at radius 3 is 2.62 bits per heavy atom. The molecule has 0 saturated heterocycles. The van der Waals surface area contributed by atoms with Crippen molar-refractivity contribution in [2.24, 2.45) is 0 Å². The molecule has 2 N–H and O–H groups in total. The number of hydrogen-bond donors (Lipinski definition) is 2. The van der Waals surface area contributed by atoms with Gasteiger partial charge in [0.05, 0.1) is 11.0 Å². The Morgan fingerprint density at radius 2 is 2.05 bits per heavy atom. The Hall–Kier alpha value is -1.40. The van der Waals surface area contributed by atoms with E-state index < -0.39 is 5.60 Å². The van der Waals surface area contributed by atoms with Gasteiger partial charge in [-0.2, -0.15) is 4.98 Å². The summed E-state index contributed by atoms with van der Waals surface area (Å²) in [6.45, 7) is 9.08. The van der Waals surface area contributed by atoms with Crippen LogP contribution in [0.25, 0.3) is 10.2 Å². The molecule has 116 valence electrons. The molecule has 21 heavy (non-hydrogen) atoms. The number of nitrogens with zero attached hydrogens (tertiary/aromatic N) is 3. The minimum Gasteiger partial charge on any atom is -0.389 e. The average Bonchev–Trinajstić information content (AvgIpc) is 2.79. The smallest absolute Gasteiger partial charge is 0.226 e. The van der Waals surface area contributed by atoms with E-state index in [9.17, 15) is 5.11 Å². The van der Waals surface area contributed by atoms with Crippen molar-refractivity contribution in [3.8, 4) is 0 Å². The summed E-state index contributed by atoms with van der Waals surface area (Å²) >= 11 is 1.71. The van der Waals surface area contributed by atoms with Crippen molar-refractivity contribution >= 4 is 33.3 Å². The number of rotatable bonds is 6. The van der Waals surface area contributed by atoms with E-state index in [4.69, 9.17) is 0 Å². The van der Waals surface area contributed by atoms with Crippen molar-refractivity contribution in [3.05, 3.63) is 10.9 Å². The minimum absolute atomic E-state index is 0.516. The number of fused-ring (bicyclic) bond motifs is 1. The van der Waals surface area contributed by atoms with Crippen molar-refractivity contribution in [2.45, 2.75) is 39.7 Å². The van der Waals surface area contributed by atoms with E-state index in [-0.39, 0.29) is 0 Å². The Labute approximate surface area is 130 Å². The van der Waals surface area contributed by atoms with Crippen LogP contribution in [0.5, 0.6) is 0 Å². The second-order valence-electron chi connectivity index (χ2n) is 5.85. The number of aliphatic hydroxyl groups is 1. The zero-order valence-corrected chi connectivity index (χ0v) is 14.2. The van der Waals surface area contributed by atoms with E-state index in [1.807, 2.05) is 18.9 Å². The predicted octanol–water partition coefficient (Wildman–Crippen LogP) is 2.89. The van der Waals surface area contributed by atoms with Crippen LogP contribution in [-0.2, 0) is 6.42 Å². The number of likely N-dealkylation sites (N-methyl/N-ethyl adjacent to an activating group) is 1. The highest BCUT2D eigenvalue weighted by Crippen LogP contribution is 2.32. The van der Waals surface area contributed by atoms with Gasteiger partial charge in [0, 0.05) is 25.0 Å². The number of hydrogen-bond acceptors (Lipinski definition) is 6. The van der Waals surface area contributed by atoms with Crippen LogP contribution in [0, 0.1) is 0 Å². The zero-order chi connectivity index (χ0) is 15.6. The molecule has 2 rings (SSSR count). The lowest BCUT2D eigenvalue weighted by Crippen LogP contribution is -2.36. The van der Waals surface area contributed by atoms with E-state index in [1.165, 1.54) is 4.88 Å². The van der Waals surface area contributed by atoms with E-state index in [0.29, 0.717) is 12.5 Å². The third-order valence-corrected chi connectivity index (χ3v) is 4.27. The summed E-state index contributed by atoms with van der Waals surface area (Å²) < 4.78 is 0. The molecular formula is C15H24N4OS. The first-order valence-corrected chi connectivity index (χ1v) is 8.13. The van der Waals surface area contributed by atoms with E-state index in [2.05, 4.69) is 28.3 Å². The van der Waals surface area contributed by atoms with Crippen molar-refractivity contribution < 1.29 is 5.11 Å². The van der Waals surface area contributed by atoms with Crippen LogP contribution >= 0.6 is 11.3 Å². The molecule has 0 radical (unpaired) electrons. The summed E-state index contributed by atoms with van der Waals surface area (Å²) in [6.07, 6.45) is 0.992. The molecule has 0 aliphatic rings. The highest BCUT2D eigenvalue weighted by Gasteiger charge is 2.20. The van der Waals surface area contributed by atoms with Gasteiger partial charge in [0.2, 0.25) is 5.95 Å². The molecule has 0 bridgehead atoms. The van der Waals surface area contributed by atoms with Crippen LogP contribution in [0.2, 0.25) is 0 Å². The standard InChI is InChI=1S/C15H24N4OS/c1-6-10-8-11-12(19(5)9-15(3,4)20)17-14(16-7-2)18-13(11)21-10/h8,20H,6-7,9H2,1-5H3,(H,16,17,18). The molecule has 2 aromatic rings. The highest BCUT2D eigenvalue weighted by molar-refractivity contribution is 7.18. The molecule has 0 unspecified atom stereocenters. The molecule has 0 aromatic carbocycles. The first-order valence-electron chi connectivity index (χ1n) is 7.32. The topological polar surface area (TPSA) is 61.3 Å². The highest BCUT2D eigenvalue weighted by atomic mass is 32.1. The monoisotopic (exact) mass is 308 g/mol. The van der Waals surface area contributed by atoms with Crippen LogP contribution < -0.4 is 10.2 Å². The molecule has 0 fully saturated rings. The number of aryl methyl sites for hydroxylation is 1. The van der Waals surface area contributed by atoms with Gasteiger partial charge in [0.25, 0.3) is 0 Å². The first kappa shape index (κ1) is 16.0. The normalized spacial score (nSPS) is 11.9. The number of anilines is 2. The fourth-order valence-electron chi connectivity index (χ4n) is 2.31. The third-order valence-electron chi connectivity index (χ3n) is 3.09. The molecule has 0 aliphatic carbocycles. The molecule has 0 atom stereocenters. The molecule has 0 aliphatic heterocycles. The first-order chi connectivity index (χ1) is 9.84. The van der Waals surface area contributed by atoms with Gasteiger partial charge in [-0.3, -0.25) is 0 Å². The third kappa shape index (κ3) is 3.83. The van der Waals surface area contributed by atoms with Gasteiger partial charge in [-0.1, -0.05) is 6.92 Å². The fraction of sp³-hybridized carbons (Fsp3) is 0.600.